The second kappa shape index (κ2) is 7.35. The number of aromatic nitrogens is 5. The van der Waals surface area contributed by atoms with Crippen molar-refractivity contribution in [2.75, 3.05) is 0 Å². The zero-order chi connectivity index (χ0) is 20.0. The Morgan fingerprint density at radius 2 is 1.96 bits per heavy atom. The smallest absolute Gasteiger partial charge is 0.285 e. The van der Waals surface area contributed by atoms with Gasteiger partial charge in [0.1, 0.15) is 0 Å². The van der Waals surface area contributed by atoms with Gasteiger partial charge in [-0.3, -0.25) is 9.36 Å². The molecule has 0 amide bonds. The van der Waals surface area contributed by atoms with Crippen LogP contribution < -0.4 is 5.56 Å². The van der Waals surface area contributed by atoms with Gasteiger partial charge in [0, 0.05) is 20.0 Å². The molecule has 3 aromatic rings. The summed E-state index contributed by atoms with van der Waals surface area (Å²) in [4.78, 5) is 22.7. The summed E-state index contributed by atoms with van der Waals surface area (Å²) in [7, 11) is 1.91. The normalized spacial score (nSPS) is 17.2. The van der Waals surface area contributed by atoms with Crippen molar-refractivity contribution in [2.45, 2.75) is 71.9 Å². The van der Waals surface area contributed by atoms with Crippen LogP contribution in [0.2, 0.25) is 0 Å². The molecule has 1 aliphatic carbocycles. The summed E-state index contributed by atoms with van der Waals surface area (Å²) in [6.07, 6.45) is 8.02. The Balaban J connectivity index is 1.86. The van der Waals surface area contributed by atoms with Gasteiger partial charge in [-0.25, -0.2) is 14.4 Å². The van der Waals surface area contributed by atoms with Gasteiger partial charge in [0.05, 0.1) is 23.8 Å². The number of aliphatic hydroxyl groups excluding tert-OH is 1. The Bertz CT molecular complexity index is 1050. The van der Waals surface area contributed by atoms with Gasteiger partial charge in [-0.2, -0.15) is 0 Å². The molecule has 28 heavy (non-hydrogen) atoms. The van der Waals surface area contributed by atoms with E-state index in [1.54, 1.807) is 10.7 Å². The third-order valence-corrected chi connectivity index (χ3v) is 6.35. The molecule has 3 aromatic heterocycles. The van der Waals surface area contributed by atoms with E-state index in [0.29, 0.717) is 29.3 Å². The molecule has 0 radical (unpaired) electrons. The van der Waals surface area contributed by atoms with Crippen LogP contribution >= 0.6 is 0 Å². The maximum absolute atomic E-state index is 13.5. The first-order chi connectivity index (χ1) is 13.4. The molecule has 1 fully saturated rings. The first kappa shape index (κ1) is 19.2. The molecule has 1 unspecified atom stereocenters. The predicted molar refractivity (Wildman–Crippen MR) is 110 cm³/mol. The molecule has 0 aliphatic heterocycles. The number of hydrogen-bond acceptors (Lipinski definition) is 4. The number of imidazole rings is 2. The molecular formula is C21H31N5O2. The van der Waals surface area contributed by atoms with Crippen molar-refractivity contribution in [3.8, 4) is 0 Å². The molecule has 0 bridgehead atoms. The van der Waals surface area contributed by atoms with Gasteiger partial charge in [-0.15, -0.1) is 0 Å². The van der Waals surface area contributed by atoms with E-state index in [1.807, 2.05) is 37.0 Å². The Kier molecular flexibility index (Phi) is 5.04. The number of hydrogen-bond donors (Lipinski definition) is 1. The Morgan fingerprint density at radius 1 is 1.25 bits per heavy atom. The number of aliphatic hydroxyl groups is 1. The van der Waals surface area contributed by atoms with Gasteiger partial charge < -0.3 is 9.67 Å². The van der Waals surface area contributed by atoms with E-state index in [2.05, 4.69) is 9.97 Å². The fraction of sp³-hybridized carbons (Fsp3) is 0.667. The largest absolute Gasteiger partial charge is 0.392 e. The van der Waals surface area contributed by atoms with Gasteiger partial charge in [0.25, 0.3) is 5.56 Å². The Labute approximate surface area is 165 Å². The van der Waals surface area contributed by atoms with Crippen molar-refractivity contribution >= 4 is 16.9 Å². The summed E-state index contributed by atoms with van der Waals surface area (Å²) in [5.74, 6) is 1.32. The topological polar surface area (TPSA) is 77.4 Å². The zero-order valence-corrected chi connectivity index (χ0v) is 17.4. The van der Waals surface area contributed by atoms with Crippen molar-refractivity contribution in [1.29, 1.82) is 0 Å². The lowest BCUT2D eigenvalue weighted by atomic mass is 9.89. The van der Waals surface area contributed by atoms with E-state index in [-0.39, 0.29) is 11.5 Å². The molecule has 4 rings (SSSR count). The van der Waals surface area contributed by atoms with Crippen LogP contribution in [0.5, 0.6) is 0 Å². The van der Waals surface area contributed by atoms with Crippen molar-refractivity contribution in [3.63, 3.8) is 0 Å². The van der Waals surface area contributed by atoms with Crippen LogP contribution in [0.3, 0.4) is 0 Å². The number of rotatable bonds is 5. The minimum atomic E-state index is -0.508. The summed E-state index contributed by atoms with van der Waals surface area (Å²) < 4.78 is 5.61. The van der Waals surface area contributed by atoms with Crippen LogP contribution in [0.1, 0.15) is 57.3 Å². The second-order valence-electron chi connectivity index (χ2n) is 8.73. The van der Waals surface area contributed by atoms with Crippen molar-refractivity contribution in [2.24, 2.45) is 18.9 Å². The Hall–Kier alpha value is -2.15. The molecule has 7 nitrogen and oxygen atoms in total. The molecule has 3 heterocycles. The highest BCUT2D eigenvalue weighted by Gasteiger charge is 2.23. The van der Waals surface area contributed by atoms with Crippen molar-refractivity contribution in [3.05, 3.63) is 28.1 Å². The monoisotopic (exact) mass is 385 g/mol. The van der Waals surface area contributed by atoms with Crippen LogP contribution in [0, 0.1) is 18.8 Å². The van der Waals surface area contributed by atoms with E-state index in [9.17, 15) is 9.90 Å². The quantitative estimate of drug-likeness (QED) is 0.733. The van der Waals surface area contributed by atoms with E-state index in [1.165, 1.54) is 32.1 Å². The van der Waals surface area contributed by atoms with Crippen LogP contribution in [-0.4, -0.2) is 34.7 Å². The molecular weight excluding hydrogens is 354 g/mol. The van der Waals surface area contributed by atoms with Gasteiger partial charge in [-0.05, 0) is 31.6 Å². The first-order valence-electron chi connectivity index (χ1n) is 10.5. The lowest BCUT2D eigenvalue weighted by Gasteiger charge is -2.22. The lowest BCUT2D eigenvalue weighted by Crippen LogP contribution is -2.25. The first-order valence-corrected chi connectivity index (χ1v) is 10.5. The molecule has 1 N–H and O–H groups in total. The zero-order valence-electron chi connectivity index (χ0n) is 17.4. The van der Waals surface area contributed by atoms with E-state index in [4.69, 9.17) is 0 Å². The third kappa shape index (κ3) is 3.15. The molecule has 0 spiro atoms. The van der Waals surface area contributed by atoms with Crippen LogP contribution in [0.15, 0.2) is 11.1 Å². The average Bonchev–Trinajstić information content (AvgIpc) is 3.23. The molecule has 1 atom stereocenters. The molecule has 0 aromatic carbocycles. The van der Waals surface area contributed by atoms with Crippen molar-refractivity contribution < 1.29 is 5.11 Å². The van der Waals surface area contributed by atoms with Gasteiger partial charge in [-0.1, -0.05) is 33.1 Å². The maximum atomic E-state index is 13.5. The minimum Gasteiger partial charge on any atom is -0.392 e. The average molecular weight is 386 g/mol. The molecule has 7 heteroatoms. The van der Waals surface area contributed by atoms with Gasteiger partial charge in [0.15, 0.2) is 11.2 Å². The summed E-state index contributed by atoms with van der Waals surface area (Å²) in [5.41, 5.74) is 2.82. The highest BCUT2D eigenvalue weighted by Crippen LogP contribution is 2.26. The fourth-order valence-electron chi connectivity index (χ4n) is 4.48. The standard InChI is InChI=1S/C21H31N5O2/c1-13(2)17(27)10-16-14(3)23-21-24(4)19-18(20(28)26(16)21)25(12-22-19)11-15-8-6-5-7-9-15/h12-13,15,17,27H,5-11H2,1-4H3. The Morgan fingerprint density at radius 3 is 2.64 bits per heavy atom. The van der Waals surface area contributed by atoms with Crippen molar-refractivity contribution in [1.82, 2.24) is 23.5 Å². The molecule has 1 saturated carbocycles. The molecule has 152 valence electrons. The minimum absolute atomic E-state index is 0.0806. The molecule has 0 saturated heterocycles. The highest BCUT2D eigenvalue weighted by molar-refractivity contribution is 5.73. The number of nitrogens with zero attached hydrogens (tertiary/aromatic N) is 5. The summed E-state index contributed by atoms with van der Waals surface area (Å²) in [6, 6.07) is 0. The highest BCUT2D eigenvalue weighted by atomic mass is 16.3. The van der Waals surface area contributed by atoms with Crippen LogP contribution in [0.4, 0.5) is 0 Å². The van der Waals surface area contributed by atoms with Crippen LogP contribution in [-0.2, 0) is 20.0 Å². The number of aryl methyl sites for hydroxylation is 2. The van der Waals surface area contributed by atoms with E-state index >= 15 is 0 Å². The summed E-state index contributed by atoms with van der Waals surface area (Å²) in [5, 5.41) is 10.4. The van der Waals surface area contributed by atoms with Gasteiger partial charge in [0.2, 0.25) is 5.78 Å². The summed E-state index contributed by atoms with van der Waals surface area (Å²) in [6.45, 7) is 6.72. The van der Waals surface area contributed by atoms with E-state index in [0.717, 1.165) is 17.9 Å². The SMILES string of the molecule is Cc1nc2n(C)c3ncn(CC4CCCCC4)c3c(=O)n2c1CC(O)C(C)C. The third-order valence-electron chi connectivity index (χ3n) is 6.35. The van der Waals surface area contributed by atoms with E-state index < -0.39 is 6.10 Å². The van der Waals surface area contributed by atoms with Gasteiger partial charge >= 0.3 is 0 Å². The maximum Gasteiger partial charge on any atom is 0.285 e. The van der Waals surface area contributed by atoms with Crippen LogP contribution in [0.25, 0.3) is 16.9 Å². The summed E-state index contributed by atoms with van der Waals surface area (Å²) >= 11 is 0. The number of fused-ring (bicyclic) bond motifs is 2. The fourth-order valence-corrected chi connectivity index (χ4v) is 4.48. The lowest BCUT2D eigenvalue weighted by molar-refractivity contribution is 0.124. The molecule has 1 aliphatic rings. The second-order valence-corrected chi connectivity index (χ2v) is 8.73. The predicted octanol–water partition coefficient (Wildman–Crippen LogP) is 2.83.